The molecule has 3 nitrogen and oxygen atoms in total. The van der Waals surface area contributed by atoms with Crippen LogP contribution in [-0.4, -0.2) is 16.5 Å². The van der Waals surface area contributed by atoms with Crippen LogP contribution < -0.4 is 5.32 Å². The summed E-state index contributed by atoms with van der Waals surface area (Å²) in [4.78, 5) is 8.89. The van der Waals surface area contributed by atoms with Crippen LogP contribution in [0.3, 0.4) is 0 Å². The van der Waals surface area contributed by atoms with Gasteiger partial charge >= 0.3 is 0 Å². The SMILES string of the molecule is CCCc1nc(Cl)c(C)c(NCCc2ccccc2C)n1. The molecule has 1 aromatic heterocycles. The molecule has 2 rings (SSSR count). The molecular formula is C17H22ClN3. The van der Waals surface area contributed by atoms with Crippen molar-refractivity contribution in [2.45, 2.75) is 40.0 Å². The fourth-order valence-electron chi connectivity index (χ4n) is 2.25. The van der Waals surface area contributed by atoms with Crippen LogP contribution in [0.1, 0.15) is 35.9 Å². The van der Waals surface area contributed by atoms with Gasteiger partial charge in [-0.15, -0.1) is 0 Å². The van der Waals surface area contributed by atoms with E-state index in [9.17, 15) is 0 Å². The summed E-state index contributed by atoms with van der Waals surface area (Å²) in [6, 6.07) is 8.45. The highest BCUT2D eigenvalue weighted by Gasteiger charge is 2.08. The molecule has 0 atom stereocenters. The Morgan fingerprint density at radius 3 is 2.57 bits per heavy atom. The second kappa shape index (κ2) is 7.41. The Morgan fingerprint density at radius 1 is 1.10 bits per heavy atom. The maximum atomic E-state index is 6.18. The van der Waals surface area contributed by atoms with E-state index in [-0.39, 0.29) is 0 Å². The molecule has 0 bridgehead atoms. The number of halogens is 1. The van der Waals surface area contributed by atoms with Gasteiger partial charge in [-0.25, -0.2) is 9.97 Å². The summed E-state index contributed by atoms with van der Waals surface area (Å²) in [7, 11) is 0. The first-order valence-electron chi connectivity index (χ1n) is 7.43. The van der Waals surface area contributed by atoms with Gasteiger partial charge in [0, 0.05) is 18.5 Å². The lowest BCUT2D eigenvalue weighted by Gasteiger charge is -2.12. The maximum absolute atomic E-state index is 6.18. The first-order chi connectivity index (χ1) is 10.1. The van der Waals surface area contributed by atoms with Gasteiger partial charge in [-0.05, 0) is 37.8 Å². The molecule has 0 aliphatic heterocycles. The third kappa shape index (κ3) is 4.18. The largest absolute Gasteiger partial charge is 0.369 e. The molecule has 0 saturated carbocycles. The topological polar surface area (TPSA) is 37.8 Å². The van der Waals surface area contributed by atoms with Gasteiger partial charge in [-0.1, -0.05) is 42.8 Å². The number of rotatable bonds is 6. The van der Waals surface area contributed by atoms with Gasteiger partial charge in [0.25, 0.3) is 0 Å². The van der Waals surface area contributed by atoms with E-state index in [0.717, 1.165) is 43.0 Å². The summed E-state index contributed by atoms with van der Waals surface area (Å²) in [6.45, 7) is 7.04. The third-order valence-corrected chi connectivity index (χ3v) is 3.92. The van der Waals surface area contributed by atoms with Crippen molar-refractivity contribution < 1.29 is 0 Å². The van der Waals surface area contributed by atoms with E-state index >= 15 is 0 Å². The van der Waals surface area contributed by atoms with Crippen molar-refractivity contribution in [3.05, 3.63) is 51.9 Å². The minimum absolute atomic E-state index is 0.548. The Morgan fingerprint density at radius 2 is 1.86 bits per heavy atom. The zero-order valence-corrected chi connectivity index (χ0v) is 13.7. The molecule has 0 radical (unpaired) electrons. The van der Waals surface area contributed by atoms with E-state index in [4.69, 9.17) is 11.6 Å². The highest BCUT2D eigenvalue weighted by atomic mass is 35.5. The molecule has 0 spiro atoms. The fraction of sp³-hybridized carbons (Fsp3) is 0.412. The number of aryl methyl sites for hydroxylation is 2. The number of nitrogens with zero attached hydrogens (tertiary/aromatic N) is 2. The van der Waals surface area contributed by atoms with Gasteiger partial charge in [0.2, 0.25) is 0 Å². The lowest BCUT2D eigenvalue weighted by atomic mass is 10.1. The molecule has 0 unspecified atom stereocenters. The number of anilines is 1. The van der Waals surface area contributed by atoms with E-state index in [1.54, 1.807) is 0 Å². The Balaban J connectivity index is 2.04. The predicted octanol–water partition coefficient (Wildman–Crippen LogP) is 4.35. The summed E-state index contributed by atoms with van der Waals surface area (Å²) in [5, 5.41) is 3.94. The van der Waals surface area contributed by atoms with Crippen LogP contribution in [0, 0.1) is 13.8 Å². The quantitative estimate of drug-likeness (QED) is 0.806. The number of benzene rings is 1. The van der Waals surface area contributed by atoms with Crippen LogP contribution in [-0.2, 0) is 12.8 Å². The van der Waals surface area contributed by atoms with Gasteiger partial charge in [0.05, 0.1) is 0 Å². The third-order valence-electron chi connectivity index (χ3n) is 3.55. The first kappa shape index (κ1) is 15.8. The summed E-state index contributed by atoms with van der Waals surface area (Å²) >= 11 is 6.18. The molecule has 0 amide bonds. The smallest absolute Gasteiger partial charge is 0.137 e. The molecule has 0 fully saturated rings. The second-order valence-corrected chi connectivity index (χ2v) is 5.62. The van der Waals surface area contributed by atoms with Gasteiger partial charge in [0.15, 0.2) is 0 Å². The van der Waals surface area contributed by atoms with Crippen molar-refractivity contribution in [3.63, 3.8) is 0 Å². The molecule has 1 heterocycles. The number of hydrogen-bond acceptors (Lipinski definition) is 3. The lowest BCUT2D eigenvalue weighted by molar-refractivity contribution is 0.829. The van der Waals surface area contributed by atoms with Crippen LogP contribution in [0.25, 0.3) is 0 Å². The molecule has 0 aliphatic carbocycles. The van der Waals surface area contributed by atoms with Crippen molar-refractivity contribution in [2.75, 3.05) is 11.9 Å². The van der Waals surface area contributed by atoms with Crippen molar-refractivity contribution >= 4 is 17.4 Å². The maximum Gasteiger partial charge on any atom is 0.137 e. The number of nitrogens with one attached hydrogen (secondary N) is 1. The van der Waals surface area contributed by atoms with Gasteiger partial charge in [-0.3, -0.25) is 0 Å². The zero-order chi connectivity index (χ0) is 15.2. The van der Waals surface area contributed by atoms with E-state index in [1.165, 1.54) is 11.1 Å². The molecular weight excluding hydrogens is 282 g/mol. The van der Waals surface area contributed by atoms with Crippen molar-refractivity contribution in [1.29, 1.82) is 0 Å². The average molecular weight is 304 g/mol. The van der Waals surface area contributed by atoms with Crippen LogP contribution in [0.4, 0.5) is 5.82 Å². The normalized spacial score (nSPS) is 10.7. The van der Waals surface area contributed by atoms with Crippen molar-refractivity contribution in [1.82, 2.24) is 9.97 Å². The summed E-state index contributed by atoms with van der Waals surface area (Å²) in [5.74, 6) is 1.67. The Bertz CT molecular complexity index is 611. The fourth-order valence-corrected chi connectivity index (χ4v) is 2.43. The molecule has 0 aliphatic rings. The minimum atomic E-state index is 0.548. The highest BCUT2D eigenvalue weighted by molar-refractivity contribution is 6.30. The van der Waals surface area contributed by atoms with Crippen LogP contribution in [0.5, 0.6) is 0 Å². The van der Waals surface area contributed by atoms with E-state index in [1.807, 2.05) is 6.92 Å². The Labute approximate surface area is 131 Å². The average Bonchev–Trinajstić information content (AvgIpc) is 2.46. The summed E-state index contributed by atoms with van der Waals surface area (Å²) in [5.41, 5.74) is 3.60. The monoisotopic (exact) mass is 303 g/mol. The molecule has 0 saturated heterocycles. The Kier molecular flexibility index (Phi) is 5.57. The highest BCUT2D eigenvalue weighted by Crippen LogP contribution is 2.20. The first-order valence-corrected chi connectivity index (χ1v) is 7.81. The second-order valence-electron chi connectivity index (χ2n) is 5.26. The summed E-state index contributed by atoms with van der Waals surface area (Å²) in [6.07, 6.45) is 2.84. The van der Waals surface area contributed by atoms with Gasteiger partial charge in [-0.2, -0.15) is 0 Å². The molecule has 1 N–H and O–H groups in total. The zero-order valence-electron chi connectivity index (χ0n) is 12.9. The molecule has 2 aromatic rings. The molecule has 4 heteroatoms. The Hall–Kier alpha value is -1.61. The lowest BCUT2D eigenvalue weighted by Crippen LogP contribution is -2.11. The molecule has 112 valence electrons. The van der Waals surface area contributed by atoms with Crippen molar-refractivity contribution in [2.24, 2.45) is 0 Å². The predicted molar refractivity (Wildman–Crippen MR) is 89.1 cm³/mol. The number of aromatic nitrogens is 2. The van der Waals surface area contributed by atoms with E-state index < -0.39 is 0 Å². The van der Waals surface area contributed by atoms with Gasteiger partial charge in [0.1, 0.15) is 16.8 Å². The number of hydrogen-bond donors (Lipinski definition) is 1. The van der Waals surface area contributed by atoms with E-state index in [2.05, 4.69) is 53.4 Å². The van der Waals surface area contributed by atoms with Crippen LogP contribution in [0.2, 0.25) is 5.15 Å². The van der Waals surface area contributed by atoms with Crippen LogP contribution in [0.15, 0.2) is 24.3 Å². The molecule has 21 heavy (non-hydrogen) atoms. The van der Waals surface area contributed by atoms with Crippen LogP contribution >= 0.6 is 11.6 Å². The van der Waals surface area contributed by atoms with E-state index in [0.29, 0.717) is 5.15 Å². The molecule has 1 aromatic carbocycles. The minimum Gasteiger partial charge on any atom is -0.369 e. The van der Waals surface area contributed by atoms with Crippen molar-refractivity contribution in [3.8, 4) is 0 Å². The summed E-state index contributed by atoms with van der Waals surface area (Å²) < 4.78 is 0. The standard InChI is InChI=1S/C17H22ClN3/c1-4-7-15-20-16(18)13(3)17(21-15)19-11-10-14-9-6-5-8-12(14)2/h5-6,8-9H,4,7,10-11H2,1-3H3,(H,19,20,21). The van der Waals surface area contributed by atoms with Gasteiger partial charge < -0.3 is 5.32 Å².